The third kappa shape index (κ3) is 3.98. The molecule has 0 saturated carbocycles. The van der Waals surface area contributed by atoms with E-state index in [1.165, 1.54) is 0 Å². The maximum Gasteiger partial charge on any atom is 0.239 e. The SMILES string of the molecule is CCC(CC)(CNC(=O)C(C)(C)NC)SC. The predicted octanol–water partition coefficient (Wildman–Crippen LogP) is 2.02. The normalized spacial score (nSPS) is 12.6. The summed E-state index contributed by atoms with van der Waals surface area (Å²) in [6, 6.07) is 0. The van der Waals surface area contributed by atoms with Crippen molar-refractivity contribution in [2.24, 2.45) is 0 Å². The fourth-order valence-corrected chi connectivity index (χ4v) is 2.23. The number of nitrogens with one attached hydrogen (secondary N) is 2. The van der Waals surface area contributed by atoms with Gasteiger partial charge in [-0.05, 0) is 40.0 Å². The lowest BCUT2D eigenvalue weighted by Gasteiger charge is -2.32. The maximum absolute atomic E-state index is 11.9. The van der Waals surface area contributed by atoms with E-state index in [1.807, 2.05) is 25.6 Å². The Hall–Kier alpha value is -0.220. The number of likely N-dealkylation sites (N-methyl/N-ethyl adjacent to an activating group) is 1. The third-order valence-electron chi connectivity index (χ3n) is 3.49. The smallest absolute Gasteiger partial charge is 0.239 e. The molecule has 0 unspecified atom stereocenters. The molecule has 0 aromatic heterocycles. The van der Waals surface area contributed by atoms with Crippen LogP contribution in [0.15, 0.2) is 0 Å². The molecule has 0 aromatic carbocycles. The van der Waals surface area contributed by atoms with Crippen LogP contribution in [-0.4, -0.2) is 36.0 Å². The first-order valence-corrected chi connectivity index (χ1v) is 7.12. The van der Waals surface area contributed by atoms with Crippen molar-refractivity contribution in [3.8, 4) is 0 Å². The van der Waals surface area contributed by atoms with Crippen LogP contribution in [-0.2, 0) is 4.79 Å². The van der Waals surface area contributed by atoms with Crippen molar-refractivity contribution in [3.05, 3.63) is 0 Å². The van der Waals surface area contributed by atoms with Crippen LogP contribution >= 0.6 is 11.8 Å². The van der Waals surface area contributed by atoms with Gasteiger partial charge in [-0.1, -0.05) is 13.8 Å². The zero-order valence-corrected chi connectivity index (χ0v) is 12.3. The molecule has 0 aliphatic heterocycles. The summed E-state index contributed by atoms with van der Waals surface area (Å²) in [6.07, 6.45) is 4.26. The van der Waals surface area contributed by atoms with Gasteiger partial charge >= 0.3 is 0 Å². The minimum atomic E-state index is -0.494. The van der Waals surface area contributed by atoms with E-state index in [2.05, 4.69) is 30.7 Å². The average molecular weight is 246 g/mol. The van der Waals surface area contributed by atoms with Crippen LogP contribution in [0.3, 0.4) is 0 Å². The Morgan fingerprint density at radius 1 is 1.25 bits per heavy atom. The van der Waals surface area contributed by atoms with Gasteiger partial charge in [0.1, 0.15) is 0 Å². The molecule has 0 bridgehead atoms. The van der Waals surface area contributed by atoms with E-state index in [1.54, 1.807) is 7.05 Å². The minimum absolute atomic E-state index is 0.0651. The summed E-state index contributed by atoms with van der Waals surface area (Å²) in [7, 11) is 1.81. The second-order valence-corrected chi connectivity index (χ2v) is 5.93. The van der Waals surface area contributed by atoms with Gasteiger partial charge in [0, 0.05) is 11.3 Å². The van der Waals surface area contributed by atoms with Crippen LogP contribution in [0.2, 0.25) is 0 Å². The molecule has 0 atom stereocenters. The molecule has 0 heterocycles. The van der Waals surface area contributed by atoms with Crippen LogP contribution in [0.25, 0.3) is 0 Å². The lowest BCUT2D eigenvalue weighted by molar-refractivity contribution is -0.126. The van der Waals surface area contributed by atoms with Crippen LogP contribution in [0.4, 0.5) is 0 Å². The summed E-state index contributed by atoms with van der Waals surface area (Å²) in [5.41, 5.74) is -0.494. The van der Waals surface area contributed by atoms with E-state index < -0.39 is 5.54 Å². The highest BCUT2D eigenvalue weighted by molar-refractivity contribution is 8.00. The Labute approximate surface area is 104 Å². The molecular weight excluding hydrogens is 220 g/mol. The zero-order chi connectivity index (χ0) is 12.8. The van der Waals surface area contributed by atoms with E-state index in [-0.39, 0.29) is 10.7 Å². The summed E-state index contributed by atoms with van der Waals surface area (Å²) >= 11 is 1.84. The van der Waals surface area contributed by atoms with Crippen LogP contribution in [0.1, 0.15) is 40.5 Å². The first kappa shape index (κ1) is 15.8. The van der Waals surface area contributed by atoms with Crippen molar-refractivity contribution in [2.45, 2.75) is 50.8 Å². The lowest BCUT2D eigenvalue weighted by Crippen LogP contribution is -2.53. The van der Waals surface area contributed by atoms with Crippen molar-refractivity contribution in [1.29, 1.82) is 0 Å². The number of thioether (sulfide) groups is 1. The molecule has 16 heavy (non-hydrogen) atoms. The Morgan fingerprint density at radius 3 is 2.06 bits per heavy atom. The molecule has 0 fully saturated rings. The summed E-state index contributed by atoms with van der Waals surface area (Å²) in [6.45, 7) is 8.87. The van der Waals surface area contributed by atoms with Gasteiger partial charge in [-0.15, -0.1) is 0 Å². The largest absolute Gasteiger partial charge is 0.353 e. The van der Waals surface area contributed by atoms with Crippen molar-refractivity contribution in [3.63, 3.8) is 0 Å². The van der Waals surface area contributed by atoms with Crippen molar-refractivity contribution < 1.29 is 4.79 Å². The first-order valence-electron chi connectivity index (χ1n) is 5.89. The molecule has 1 amide bonds. The fourth-order valence-electron chi connectivity index (χ4n) is 1.44. The van der Waals surface area contributed by atoms with Crippen LogP contribution in [0, 0.1) is 0 Å². The summed E-state index contributed by atoms with van der Waals surface area (Å²) in [5, 5.41) is 6.06. The molecule has 4 heteroatoms. The maximum atomic E-state index is 11.9. The number of hydrogen-bond donors (Lipinski definition) is 2. The predicted molar refractivity (Wildman–Crippen MR) is 73.0 cm³/mol. The molecule has 0 radical (unpaired) electrons. The summed E-state index contributed by atoms with van der Waals surface area (Å²) in [4.78, 5) is 11.9. The lowest BCUT2D eigenvalue weighted by atomic mass is 10.0. The van der Waals surface area contributed by atoms with E-state index in [0.29, 0.717) is 0 Å². The molecule has 0 aromatic rings. The van der Waals surface area contributed by atoms with Crippen LogP contribution in [0.5, 0.6) is 0 Å². The van der Waals surface area contributed by atoms with Crippen LogP contribution < -0.4 is 10.6 Å². The van der Waals surface area contributed by atoms with E-state index in [0.717, 1.165) is 19.4 Å². The molecule has 0 spiro atoms. The molecule has 0 saturated heterocycles. The second kappa shape index (κ2) is 6.50. The highest BCUT2D eigenvalue weighted by Gasteiger charge is 2.29. The molecule has 0 aliphatic rings. The quantitative estimate of drug-likeness (QED) is 0.722. The van der Waals surface area contributed by atoms with E-state index >= 15 is 0 Å². The molecule has 96 valence electrons. The van der Waals surface area contributed by atoms with Gasteiger partial charge in [-0.25, -0.2) is 0 Å². The standard InChI is InChI=1S/C12H26N2OS/c1-7-12(8-2,16-6)9-14-10(15)11(3,4)13-5/h13H,7-9H2,1-6H3,(H,14,15). The van der Waals surface area contributed by atoms with Gasteiger partial charge in [-0.2, -0.15) is 11.8 Å². The first-order chi connectivity index (χ1) is 7.37. The summed E-state index contributed by atoms with van der Waals surface area (Å²) < 4.78 is 0.180. The highest BCUT2D eigenvalue weighted by Crippen LogP contribution is 2.29. The molecule has 2 N–H and O–H groups in total. The molecule has 0 rings (SSSR count). The van der Waals surface area contributed by atoms with Gasteiger partial charge < -0.3 is 10.6 Å². The topological polar surface area (TPSA) is 41.1 Å². The van der Waals surface area contributed by atoms with Gasteiger partial charge in [0.2, 0.25) is 5.91 Å². The number of amides is 1. The zero-order valence-electron chi connectivity index (χ0n) is 11.4. The molecule has 0 aliphatic carbocycles. The van der Waals surface area contributed by atoms with Gasteiger partial charge in [-0.3, -0.25) is 4.79 Å². The number of hydrogen-bond acceptors (Lipinski definition) is 3. The highest BCUT2D eigenvalue weighted by atomic mass is 32.2. The number of carbonyl (C=O) groups is 1. The minimum Gasteiger partial charge on any atom is -0.353 e. The van der Waals surface area contributed by atoms with E-state index in [4.69, 9.17) is 0 Å². The Kier molecular flexibility index (Phi) is 6.41. The van der Waals surface area contributed by atoms with Gasteiger partial charge in [0.05, 0.1) is 5.54 Å². The Balaban J connectivity index is 4.38. The van der Waals surface area contributed by atoms with Crippen molar-refractivity contribution >= 4 is 17.7 Å². The average Bonchev–Trinajstić information content (AvgIpc) is 2.31. The van der Waals surface area contributed by atoms with E-state index in [9.17, 15) is 4.79 Å². The molecule has 3 nitrogen and oxygen atoms in total. The van der Waals surface area contributed by atoms with Crippen molar-refractivity contribution in [1.82, 2.24) is 10.6 Å². The second-order valence-electron chi connectivity index (χ2n) is 4.65. The summed E-state index contributed by atoms with van der Waals surface area (Å²) in [5.74, 6) is 0.0651. The molecular formula is C12H26N2OS. The number of rotatable bonds is 7. The fraction of sp³-hybridized carbons (Fsp3) is 0.917. The third-order valence-corrected chi connectivity index (χ3v) is 5.07. The monoisotopic (exact) mass is 246 g/mol. The number of carbonyl (C=O) groups excluding carboxylic acids is 1. The van der Waals surface area contributed by atoms with Gasteiger partial charge in [0.25, 0.3) is 0 Å². The van der Waals surface area contributed by atoms with Crippen molar-refractivity contribution in [2.75, 3.05) is 19.8 Å². The van der Waals surface area contributed by atoms with Gasteiger partial charge in [0.15, 0.2) is 0 Å². The Morgan fingerprint density at radius 2 is 1.75 bits per heavy atom. The Bertz CT molecular complexity index is 217.